The first-order valence-corrected chi connectivity index (χ1v) is 10.1. The van der Waals surface area contributed by atoms with E-state index < -0.39 is 11.6 Å². The Morgan fingerprint density at radius 1 is 1.19 bits per heavy atom. The maximum absolute atomic E-state index is 13.4. The van der Waals surface area contributed by atoms with Gasteiger partial charge in [0.15, 0.2) is 0 Å². The molecule has 0 aliphatic heterocycles. The first-order chi connectivity index (χ1) is 15.3. The van der Waals surface area contributed by atoms with E-state index in [9.17, 15) is 9.18 Å². The second kappa shape index (κ2) is 8.27. The molecule has 0 aliphatic rings. The number of rotatable bonds is 7. The van der Waals surface area contributed by atoms with Crippen LogP contribution in [0.25, 0.3) is 10.9 Å². The van der Waals surface area contributed by atoms with E-state index in [1.54, 1.807) is 12.1 Å². The van der Waals surface area contributed by atoms with E-state index in [1.807, 2.05) is 49.0 Å². The average molecular weight is 433 g/mol. The number of aromatic nitrogens is 3. The minimum atomic E-state index is -1.04. The van der Waals surface area contributed by atoms with E-state index in [2.05, 4.69) is 20.6 Å². The second-order valence-electron chi connectivity index (χ2n) is 7.57. The van der Waals surface area contributed by atoms with Gasteiger partial charge in [0.25, 0.3) is 5.91 Å². The number of nitrogens with zero attached hydrogens (tertiary/aromatic N) is 3. The van der Waals surface area contributed by atoms with Crippen LogP contribution in [-0.4, -0.2) is 20.4 Å². The first-order valence-electron chi connectivity index (χ1n) is 10.1. The van der Waals surface area contributed by atoms with E-state index in [-0.39, 0.29) is 23.1 Å². The molecule has 0 saturated heterocycles. The lowest BCUT2D eigenvalue weighted by atomic mass is 9.97. The van der Waals surface area contributed by atoms with Gasteiger partial charge in [0.2, 0.25) is 5.95 Å². The summed E-state index contributed by atoms with van der Waals surface area (Å²) in [4.78, 5) is 20.7. The third-order valence-corrected chi connectivity index (χ3v) is 5.49. The van der Waals surface area contributed by atoms with Gasteiger partial charge in [0, 0.05) is 36.0 Å². The van der Waals surface area contributed by atoms with Crippen LogP contribution in [0.5, 0.6) is 0 Å². The molecule has 0 spiro atoms. The molecule has 9 heteroatoms. The highest BCUT2D eigenvalue weighted by molar-refractivity contribution is 6.00. The van der Waals surface area contributed by atoms with Gasteiger partial charge in [-0.3, -0.25) is 4.79 Å². The standard InChI is InChI=1S/C23H24FN7O/c1-3-23(26,14-7-9-15(24)10-8-14)30-22-27-13-17(20(25)32)21(29-22)28-18-5-4-6-19-16(18)11-12-31(19)2/h4-13H,3,26H2,1-2H3,(H2,25,32)(H2,27,28,29,30)/t23-/m0/s1. The maximum atomic E-state index is 13.4. The topological polar surface area (TPSA) is 124 Å². The highest BCUT2D eigenvalue weighted by Gasteiger charge is 2.27. The Balaban J connectivity index is 1.71. The number of nitrogens with two attached hydrogens (primary N) is 2. The fourth-order valence-electron chi connectivity index (χ4n) is 3.57. The van der Waals surface area contributed by atoms with Crippen LogP contribution in [0.1, 0.15) is 29.3 Å². The summed E-state index contributed by atoms with van der Waals surface area (Å²) in [5.74, 6) is -0.557. The molecule has 4 aromatic rings. The lowest BCUT2D eigenvalue weighted by Crippen LogP contribution is -2.44. The third-order valence-electron chi connectivity index (χ3n) is 5.49. The van der Waals surface area contributed by atoms with E-state index in [1.165, 1.54) is 18.3 Å². The number of benzene rings is 2. The largest absolute Gasteiger partial charge is 0.365 e. The van der Waals surface area contributed by atoms with Crippen LogP contribution in [0.15, 0.2) is 60.9 Å². The zero-order valence-electron chi connectivity index (χ0n) is 17.8. The van der Waals surface area contributed by atoms with Crippen molar-refractivity contribution in [3.05, 3.63) is 77.9 Å². The van der Waals surface area contributed by atoms with Gasteiger partial charge in [-0.2, -0.15) is 4.98 Å². The van der Waals surface area contributed by atoms with Crippen molar-refractivity contribution in [2.75, 3.05) is 10.6 Å². The predicted molar refractivity (Wildman–Crippen MR) is 123 cm³/mol. The van der Waals surface area contributed by atoms with Gasteiger partial charge in [-0.15, -0.1) is 0 Å². The molecular weight excluding hydrogens is 409 g/mol. The molecule has 0 aliphatic carbocycles. The Bertz CT molecular complexity index is 1290. The number of carbonyl (C=O) groups excluding carboxylic acids is 1. The van der Waals surface area contributed by atoms with Crippen molar-refractivity contribution in [1.29, 1.82) is 0 Å². The van der Waals surface area contributed by atoms with Crippen molar-refractivity contribution in [3.8, 4) is 0 Å². The number of aryl methyl sites for hydroxylation is 1. The Morgan fingerprint density at radius 3 is 2.62 bits per heavy atom. The zero-order chi connectivity index (χ0) is 22.9. The fourth-order valence-corrected chi connectivity index (χ4v) is 3.57. The Morgan fingerprint density at radius 2 is 1.94 bits per heavy atom. The monoisotopic (exact) mass is 433 g/mol. The van der Waals surface area contributed by atoms with Crippen LogP contribution in [-0.2, 0) is 12.7 Å². The lowest BCUT2D eigenvalue weighted by molar-refractivity contribution is 0.100. The summed E-state index contributed by atoms with van der Waals surface area (Å²) in [7, 11) is 1.95. The Hall–Kier alpha value is -3.98. The van der Waals surface area contributed by atoms with Crippen LogP contribution >= 0.6 is 0 Å². The second-order valence-corrected chi connectivity index (χ2v) is 7.57. The predicted octanol–water partition coefficient (Wildman–Crippen LogP) is 3.58. The molecule has 1 amide bonds. The van der Waals surface area contributed by atoms with Gasteiger partial charge in [0.05, 0.1) is 0 Å². The van der Waals surface area contributed by atoms with Crippen molar-refractivity contribution < 1.29 is 9.18 Å². The number of fused-ring (bicyclic) bond motifs is 1. The maximum Gasteiger partial charge on any atom is 0.254 e. The molecule has 1 atom stereocenters. The molecule has 0 bridgehead atoms. The van der Waals surface area contributed by atoms with Gasteiger partial charge in [-0.05, 0) is 42.3 Å². The molecule has 0 radical (unpaired) electrons. The van der Waals surface area contributed by atoms with Crippen molar-refractivity contribution in [1.82, 2.24) is 14.5 Å². The van der Waals surface area contributed by atoms with Crippen LogP contribution in [0.4, 0.5) is 21.8 Å². The number of hydrogen-bond acceptors (Lipinski definition) is 6. The smallest absolute Gasteiger partial charge is 0.254 e. The van der Waals surface area contributed by atoms with Gasteiger partial charge >= 0.3 is 0 Å². The van der Waals surface area contributed by atoms with Crippen molar-refractivity contribution in [2.45, 2.75) is 19.0 Å². The first kappa shape index (κ1) is 21.3. The summed E-state index contributed by atoms with van der Waals surface area (Å²) in [6.45, 7) is 1.89. The molecule has 2 aromatic heterocycles. The summed E-state index contributed by atoms with van der Waals surface area (Å²) in [5.41, 5.74) is 13.7. The Kier molecular flexibility index (Phi) is 5.50. The molecule has 0 unspecified atom stereocenters. The Labute approximate surface area is 184 Å². The minimum absolute atomic E-state index is 0.143. The van der Waals surface area contributed by atoms with Crippen molar-refractivity contribution >= 4 is 34.3 Å². The van der Waals surface area contributed by atoms with Gasteiger partial charge < -0.3 is 26.7 Å². The number of anilines is 3. The summed E-state index contributed by atoms with van der Waals surface area (Å²) >= 11 is 0. The fraction of sp³-hybridized carbons (Fsp3) is 0.174. The van der Waals surface area contributed by atoms with E-state index in [4.69, 9.17) is 11.5 Å². The van der Waals surface area contributed by atoms with Gasteiger partial charge in [0.1, 0.15) is 22.9 Å². The van der Waals surface area contributed by atoms with Gasteiger partial charge in [-0.25, -0.2) is 9.37 Å². The van der Waals surface area contributed by atoms with E-state index >= 15 is 0 Å². The molecular formula is C23H24FN7O. The van der Waals surface area contributed by atoms with Crippen LogP contribution in [0, 0.1) is 5.82 Å². The highest BCUT2D eigenvalue weighted by Crippen LogP contribution is 2.29. The summed E-state index contributed by atoms with van der Waals surface area (Å²) in [6.07, 6.45) is 3.78. The van der Waals surface area contributed by atoms with Crippen molar-refractivity contribution in [2.24, 2.45) is 18.5 Å². The summed E-state index contributed by atoms with van der Waals surface area (Å²) in [5, 5.41) is 7.28. The van der Waals surface area contributed by atoms with E-state index in [0.29, 0.717) is 12.0 Å². The zero-order valence-corrected chi connectivity index (χ0v) is 17.8. The molecule has 0 saturated carbocycles. The summed E-state index contributed by atoms with van der Waals surface area (Å²) in [6, 6.07) is 13.7. The lowest BCUT2D eigenvalue weighted by Gasteiger charge is -2.30. The highest BCUT2D eigenvalue weighted by atomic mass is 19.1. The number of hydrogen-bond donors (Lipinski definition) is 4. The number of amides is 1. The van der Waals surface area contributed by atoms with Gasteiger partial charge in [-0.1, -0.05) is 25.1 Å². The summed E-state index contributed by atoms with van der Waals surface area (Å²) < 4.78 is 15.4. The van der Waals surface area contributed by atoms with Crippen LogP contribution in [0.3, 0.4) is 0 Å². The molecule has 4 rings (SSSR count). The quantitative estimate of drug-likeness (QED) is 0.330. The minimum Gasteiger partial charge on any atom is -0.365 e. The molecule has 0 fully saturated rings. The third kappa shape index (κ3) is 3.97. The molecule has 164 valence electrons. The SMILES string of the molecule is CC[C@](N)(Nc1ncc(C(N)=O)c(Nc2cccc3c2ccn3C)n1)c1ccc(F)cc1. The molecule has 2 aromatic carbocycles. The molecule has 2 heterocycles. The van der Waals surface area contributed by atoms with Crippen LogP contribution < -0.4 is 22.1 Å². The molecule has 32 heavy (non-hydrogen) atoms. The molecule has 6 N–H and O–H groups in total. The number of carbonyl (C=O) groups is 1. The number of halogens is 1. The number of nitrogens with one attached hydrogen (secondary N) is 2. The molecule has 8 nitrogen and oxygen atoms in total. The van der Waals surface area contributed by atoms with E-state index in [0.717, 1.165) is 16.6 Å². The average Bonchev–Trinajstić information content (AvgIpc) is 3.16. The van der Waals surface area contributed by atoms with Crippen molar-refractivity contribution in [3.63, 3.8) is 0 Å². The van der Waals surface area contributed by atoms with Crippen LogP contribution in [0.2, 0.25) is 0 Å². The number of primary amides is 1. The normalized spacial score (nSPS) is 13.0.